The Balaban J connectivity index is 2.40. The maximum Gasteiger partial charge on any atom is 0.573 e. The first kappa shape index (κ1) is 17.7. The van der Waals surface area contributed by atoms with Gasteiger partial charge in [-0.2, -0.15) is 10.5 Å². The van der Waals surface area contributed by atoms with E-state index in [0.29, 0.717) is 6.07 Å². The Morgan fingerprint density at radius 2 is 2.24 bits per heavy atom. The number of aryl methyl sites for hydroxylation is 1. The summed E-state index contributed by atoms with van der Waals surface area (Å²) in [5.41, 5.74) is -0.787. The Hall–Kier alpha value is -3.69. The van der Waals surface area contributed by atoms with Crippen LogP contribution < -0.4 is 10.1 Å². The van der Waals surface area contributed by atoms with Gasteiger partial charge in [0.2, 0.25) is 5.82 Å². The highest BCUT2D eigenvalue weighted by Crippen LogP contribution is 2.35. The van der Waals surface area contributed by atoms with E-state index in [1.807, 2.05) is 0 Å². The van der Waals surface area contributed by atoms with Gasteiger partial charge in [0, 0.05) is 6.20 Å². The lowest BCUT2D eigenvalue weighted by molar-refractivity contribution is -0.384. The molecular formula is C12H8F3N7O3. The third-order valence-electron chi connectivity index (χ3n) is 2.79. The zero-order valence-electron chi connectivity index (χ0n) is 12.3. The molecule has 0 amide bonds. The topological polar surface area (TPSA) is 143 Å². The maximum absolute atomic E-state index is 12.3. The first-order valence-electron chi connectivity index (χ1n) is 6.36. The summed E-state index contributed by atoms with van der Waals surface area (Å²) in [5, 5.41) is 35.2. The number of hydrogen-bond donors (Lipinski definition) is 2. The van der Waals surface area contributed by atoms with Gasteiger partial charge in [-0.3, -0.25) is 10.1 Å². The fourth-order valence-electron chi connectivity index (χ4n) is 1.83. The Labute approximate surface area is 137 Å². The SMILES string of the molecule is Cc1cc(OC(F)(F)F)cc([N+](=O)[O-])c1NC=C(C#N)c1nn[nH]n1. The van der Waals surface area contributed by atoms with Crippen molar-refractivity contribution in [2.24, 2.45) is 0 Å². The number of hydrogen-bond acceptors (Lipinski definition) is 8. The molecule has 130 valence electrons. The van der Waals surface area contributed by atoms with E-state index in [1.165, 1.54) is 6.92 Å². The van der Waals surface area contributed by atoms with Gasteiger partial charge in [-0.15, -0.1) is 23.4 Å². The molecular weight excluding hydrogens is 347 g/mol. The Kier molecular flexibility index (Phi) is 4.82. The summed E-state index contributed by atoms with van der Waals surface area (Å²) < 4.78 is 40.6. The molecule has 0 fully saturated rings. The van der Waals surface area contributed by atoms with E-state index in [-0.39, 0.29) is 22.6 Å². The zero-order chi connectivity index (χ0) is 18.6. The first-order chi connectivity index (χ1) is 11.7. The Morgan fingerprint density at radius 3 is 2.76 bits per heavy atom. The second-order valence-electron chi connectivity index (χ2n) is 4.49. The van der Waals surface area contributed by atoms with Crippen LogP contribution in [0.25, 0.3) is 5.57 Å². The lowest BCUT2D eigenvalue weighted by atomic mass is 10.1. The third kappa shape index (κ3) is 4.41. The Morgan fingerprint density at radius 1 is 1.52 bits per heavy atom. The number of nitrogens with zero attached hydrogens (tertiary/aromatic N) is 5. The number of halogens is 3. The number of aromatic nitrogens is 4. The van der Waals surface area contributed by atoms with Crippen molar-refractivity contribution in [1.29, 1.82) is 5.26 Å². The van der Waals surface area contributed by atoms with E-state index in [0.717, 1.165) is 12.3 Å². The number of rotatable bonds is 5. The summed E-state index contributed by atoms with van der Waals surface area (Å²) >= 11 is 0. The number of nitro benzene ring substituents is 1. The molecule has 2 aromatic rings. The number of benzene rings is 1. The van der Waals surface area contributed by atoms with Crippen molar-refractivity contribution >= 4 is 16.9 Å². The number of nitriles is 1. The van der Waals surface area contributed by atoms with E-state index < -0.39 is 22.7 Å². The molecule has 0 aliphatic heterocycles. The van der Waals surface area contributed by atoms with Crippen LogP contribution in [0.3, 0.4) is 0 Å². The highest BCUT2D eigenvalue weighted by atomic mass is 19.4. The lowest BCUT2D eigenvalue weighted by Gasteiger charge is -2.12. The van der Waals surface area contributed by atoms with Gasteiger partial charge in [0.1, 0.15) is 23.1 Å². The minimum Gasteiger partial charge on any atom is -0.406 e. The molecule has 0 bridgehead atoms. The predicted octanol–water partition coefficient (Wildman–Crippen LogP) is 2.29. The van der Waals surface area contributed by atoms with Crippen LogP contribution in [-0.4, -0.2) is 31.9 Å². The Bertz CT molecular complexity index is 856. The third-order valence-corrected chi connectivity index (χ3v) is 2.79. The second kappa shape index (κ2) is 6.83. The largest absolute Gasteiger partial charge is 0.573 e. The molecule has 2 rings (SSSR count). The molecule has 1 heterocycles. The lowest BCUT2D eigenvalue weighted by Crippen LogP contribution is -2.17. The van der Waals surface area contributed by atoms with Crippen LogP contribution in [0, 0.1) is 28.4 Å². The molecule has 0 saturated heterocycles. The number of allylic oxidation sites excluding steroid dienone is 1. The smallest absolute Gasteiger partial charge is 0.406 e. The molecule has 0 saturated carbocycles. The summed E-state index contributed by atoms with van der Waals surface area (Å²) in [6, 6.07) is 3.35. The predicted molar refractivity (Wildman–Crippen MR) is 75.9 cm³/mol. The molecule has 1 aromatic heterocycles. The second-order valence-corrected chi connectivity index (χ2v) is 4.49. The van der Waals surface area contributed by atoms with E-state index in [4.69, 9.17) is 5.26 Å². The minimum absolute atomic E-state index is 0.0627. The van der Waals surface area contributed by atoms with Crippen molar-refractivity contribution < 1.29 is 22.8 Å². The molecule has 2 N–H and O–H groups in total. The number of nitrogens with one attached hydrogen (secondary N) is 2. The van der Waals surface area contributed by atoms with Crippen LogP contribution in [0.15, 0.2) is 18.3 Å². The molecule has 10 nitrogen and oxygen atoms in total. The van der Waals surface area contributed by atoms with Crippen LogP contribution >= 0.6 is 0 Å². The molecule has 0 unspecified atom stereocenters. The van der Waals surface area contributed by atoms with Gasteiger partial charge in [0.15, 0.2) is 0 Å². The highest BCUT2D eigenvalue weighted by Gasteiger charge is 2.32. The maximum atomic E-state index is 12.3. The van der Waals surface area contributed by atoms with Crippen LogP contribution in [0.4, 0.5) is 24.5 Å². The quantitative estimate of drug-likeness (QED) is 0.472. The number of nitro groups is 1. The number of H-pyrrole nitrogens is 1. The number of aromatic amines is 1. The van der Waals surface area contributed by atoms with Crippen molar-refractivity contribution in [1.82, 2.24) is 20.6 Å². The molecule has 25 heavy (non-hydrogen) atoms. The average molecular weight is 355 g/mol. The fraction of sp³-hybridized carbons (Fsp3) is 0.167. The molecule has 0 spiro atoms. The van der Waals surface area contributed by atoms with Crippen molar-refractivity contribution in [3.8, 4) is 11.8 Å². The van der Waals surface area contributed by atoms with Crippen molar-refractivity contribution in [3.63, 3.8) is 0 Å². The number of alkyl halides is 3. The molecule has 1 aromatic carbocycles. The number of anilines is 1. The monoisotopic (exact) mass is 355 g/mol. The van der Waals surface area contributed by atoms with Crippen LogP contribution in [-0.2, 0) is 0 Å². The standard InChI is InChI=1S/C12H8F3N7O3/c1-6-2-8(25-12(13,14)15)3-9(22(23)24)10(6)17-5-7(4-16)11-18-20-21-19-11/h2-3,5,17H,1H3,(H,18,19,20,21). The minimum atomic E-state index is -4.98. The van der Waals surface area contributed by atoms with Gasteiger partial charge in [-0.1, -0.05) is 0 Å². The normalized spacial score (nSPS) is 11.7. The van der Waals surface area contributed by atoms with E-state index in [2.05, 4.69) is 30.7 Å². The molecule has 13 heteroatoms. The van der Waals surface area contributed by atoms with Gasteiger partial charge in [0.05, 0.1) is 11.0 Å². The number of tetrazole rings is 1. The van der Waals surface area contributed by atoms with Crippen molar-refractivity contribution in [2.75, 3.05) is 5.32 Å². The number of ether oxygens (including phenoxy) is 1. The van der Waals surface area contributed by atoms with Crippen LogP contribution in [0.2, 0.25) is 0 Å². The summed E-state index contributed by atoms with van der Waals surface area (Å²) in [4.78, 5) is 10.3. The van der Waals surface area contributed by atoms with Crippen molar-refractivity contribution in [3.05, 3.63) is 39.8 Å². The van der Waals surface area contributed by atoms with Gasteiger partial charge < -0.3 is 10.1 Å². The first-order valence-corrected chi connectivity index (χ1v) is 6.36. The van der Waals surface area contributed by atoms with Crippen LogP contribution in [0.1, 0.15) is 11.4 Å². The summed E-state index contributed by atoms with van der Waals surface area (Å²) in [5.74, 6) is -0.794. The summed E-state index contributed by atoms with van der Waals surface area (Å²) in [6.45, 7) is 1.34. The van der Waals surface area contributed by atoms with E-state index >= 15 is 0 Å². The molecule has 0 atom stereocenters. The highest BCUT2D eigenvalue weighted by molar-refractivity contribution is 5.77. The van der Waals surface area contributed by atoms with E-state index in [9.17, 15) is 23.3 Å². The summed E-state index contributed by atoms with van der Waals surface area (Å²) in [6.07, 6.45) is -3.91. The summed E-state index contributed by atoms with van der Waals surface area (Å²) in [7, 11) is 0. The van der Waals surface area contributed by atoms with Gasteiger partial charge >= 0.3 is 6.36 Å². The molecule has 0 aliphatic carbocycles. The van der Waals surface area contributed by atoms with Crippen LogP contribution in [0.5, 0.6) is 5.75 Å². The molecule has 0 aliphatic rings. The fourth-order valence-corrected chi connectivity index (χ4v) is 1.83. The zero-order valence-corrected chi connectivity index (χ0v) is 12.3. The van der Waals surface area contributed by atoms with Gasteiger partial charge in [-0.05, 0) is 23.8 Å². The van der Waals surface area contributed by atoms with Gasteiger partial charge in [0.25, 0.3) is 5.69 Å². The molecule has 0 radical (unpaired) electrons. The van der Waals surface area contributed by atoms with E-state index in [1.54, 1.807) is 6.07 Å². The van der Waals surface area contributed by atoms with Crippen molar-refractivity contribution in [2.45, 2.75) is 13.3 Å². The average Bonchev–Trinajstić information content (AvgIpc) is 3.01. The van der Waals surface area contributed by atoms with Gasteiger partial charge in [-0.25, -0.2) is 0 Å².